The number of carbonyl (C=O) groups excluding carboxylic acids is 1. The predicted octanol–water partition coefficient (Wildman–Crippen LogP) is 3.09. The molecule has 1 aromatic heterocycles. The smallest absolute Gasteiger partial charge is 0.251 e. The quantitative estimate of drug-likeness (QED) is 0.681. The van der Waals surface area contributed by atoms with E-state index >= 15 is 0 Å². The van der Waals surface area contributed by atoms with Gasteiger partial charge < -0.3 is 15.0 Å². The lowest BCUT2D eigenvalue weighted by Crippen LogP contribution is -2.51. The monoisotopic (exact) mass is 389 g/mol. The molecule has 2 heterocycles. The standard InChI is InChI=1S/C24H27N3O2/c28-18-21-17-26(16-19-7-2-1-3-8-19)14-11-23(21)25-24(29)20-9-6-10-22(15-20)27-12-4-5-13-27/h1-10,12-13,15,21,23,28H,11,14,16-18H2,(H,25,29). The largest absolute Gasteiger partial charge is 0.396 e. The van der Waals surface area contributed by atoms with E-state index in [0.29, 0.717) is 5.56 Å². The second-order valence-electron chi connectivity index (χ2n) is 7.67. The lowest BCUT2D eigenvalue weighted by atomic mass is 9.92. The molecular formula is C24H27N3O2. The minimum atomic E-state index is -0.0843. The SMILES string of the molecule is O=C(NC1CCN(Cc2ccccc2)CC1CO)c1cccc(-n2cccc2)c1. The summed E-state index contributed by atoms with van der Waals surface area (Å²) >= 11 is 0. The van der Waals surface area contributed by atoms with Crippen LogP contribution < -0.4 is 5.32 Å². The van der Waals surface area contributed by atoms with E-state index in [9.17, 15) is 9.90 Å². The molecule has 4 rings (SSSR count). The van der Waals surface area contributed by atoms with Crippen LogP contribution >= 0.6 is 0 Å². The molecule has 0 spiro atoms. The van der Waals surface area contributed by atoms with Gasteiger partial charge in [-0.15, -0.1) is 0 Å². The van der Waals surface area contributed by atoms with Gasteiger partial charge in [-0.25, -0.2) is 0 Å². The molecule has 29 heavy (non-hydrogen) atoms. The Hall–Kier alpha value is -2.89. The van der Waals surface area contributed by atoms with E-state index < -0.39 is 0 Å². The Kier molecular flexibility index (Phi) is 6.08. The van der Waals surface area contributed by atoms with Crippen molar-refractivity contribution in [1.29, 1.82) is 0 Å². The maximum atomic E-state index is 12.9. The van der Waals surface area contributed by atoms with Gasteiger partial charge in [0.2, 0.25) is 0 Å². The summed E-state index contributed by atoms with van der Waals surface area (Å²) < 4.78 is 1.98. The van der Waals surface area contributed by atoms with Gasteiger partial charge in [0.05, 0.1) is 0 Å². The highest BCUT2D eigenvalue weighted by Gasteiger charge is 2.30. The molecule has 3 aromatic rings. The van der Waals surface area contributed by atoms with Gasteiger partial charge in [0.25, 0.3) is 5.91 Å². The Morgan fingerprint density at radius 3 is 2.59 bits per heavy atom. The van der Waals surface area contributed by atoms with Crippen LogP contribution in [0.15, 0.2) is 79.1 Å². The molecular weight excluding hydrogens is 362 g/mol. The minimum absolute atomic E-state index is 0.0187. The number of nitrogens with one attached hydrogen (secondary N) is 1. The Morgan fingerprint density at radius 2 is 1.83 bits per heavy atom. The number of aliphatic hydroxyl groups excluding tert-OH is 1. The molecule has 0 saturated carbocycles. The second kappa shape index (κ2) is 9.07. The summed E-state index contributed by atoms with van der Waals surface area (Å²) in [5.41, 5.74) is 2.87. The van der Waals surface area contributed by atoms with Crippen LogP contribution in [-0.2, 0) is 6.54 Å². The number of piperidine rings is 1. The zero-order valence-corrected chi connectivity index (χ0v) is 16.4. The number of nitrogens with zero attached hydrogens (tertiary/aromatic N) is 2. The van der Waals surface area contributed by atoms with Crippen molar-refractivity contribution in [3.05, 3.63) is 90.3 Å². The van der Waals surface area contributed by atoms with E-state index in [2.05, 4.69) is 22.3 Å². The average molecular weight is 389 g/mol. The number of hydrogen-bond acceptors (Lipinski definition) is 3. The van der Waals surface area contributed by atoms with Crippen LogP contribution in [0, 0.1) is 5.92 Å². The summed E-state index contributed by atoms with van der Waals surface area (Å²) in [4.78, 5) is 15.2. The number of rotatable bonds is 6. The molecule has 0 bridgehead atoms. The van der Waals surface area contributed by atoms with Crippen molar-refractivity contribution < 1.29 is 9.90 Å². The van der Waals surface area contributed by atoms with Gasteiger partial charge in [-0.2, -0.15) is 0 Å². The van der Waals surface area contributed by atoms with E-state index in [4.69, 9.17) is 0 Å². The summed E-state index contributed by atoms with van der Waals surface area (Å²) in [5.74, 6) is -0.0528. The fourth-order valence-corrected chi connectivity index (χ4v) is 4.03. The average Bonchev–Trinajstić information content (AvgIpc) is 3.30. The fraction of sp³-hybridized carbons (Fsp3) is 0.292. The van der Waals surface area contributed by atoms with Gasteiger partial charge in [0.1, 0.15) is 0 Å². The van der Waals surface area contributed by atoms with Crippen LogP contribution in [0.5, 0.6) is 0 Å². The number of aliphatic hydroxyl groups is 1. The molecule has 2 aromatic carbocycles. The second-order valence-corrected chi connectivity index (χ2v) is 7.67. The zero-order valence-electron chi connectivity index (χ0n) is 16.4. The van der Waals surface area contributed by atoms with Gasteiger partial charge in [0.15, 0.2) is 0 Å². The summed E-state index contributed by atoms with van der Waals surface area (Å²) in [6.45, 7) is 2.62. The minimum Gasteiger partial charge on any atom is -0.396 e. The predicted molar refractivity (Wildman–Crippen MR) is 114 cm³/mol. The maximum Gasteiger partial charge on any atom is 0.251 e. The molecule has 2 N–H and O–H groups in total. The summed E-state index contributed by atoms with van der Waals surface area (Å²) in [6, 6.07) is 21.9. The van der Waals surface area contributed by atoms with Crippen molar-refractivity contribution >= 4 is 5.91 Å². The molecule has 150 valence electrons. The molecule has 2 unspecified atom stereocenters. The third-order valence-electron chi connectivity index (χ3n) is 5.63. The van der Waals surface area contributed by atoms with E-state index in [1.165, 1.54) is 5.56 Å². The van der Waals surface area contributed by atoms with Gasteiger partial charge >= 0.3 is 0 Å². The summed E-state index contributed by atoms with van der Waals surface area (Å²) in [7, 11) is 0. The van der Waals surface area contributed by atoms with E-state index in [1.807, 2.05) is 71.6 Å². The van der Waals surface area contributed by atoms with Crippen molar-refractivity contribution in [2.24, 2.45) is 5.92 Å². The molecule has 1 saturated heterocycles. The number of benzene rings is 2. The molecule has 1 aliphatic rings. The maximum absolute atomic E-state index is 12.9. The van der Waals surface area contributed by atoms with E-state index in [-0.39, 0.29) is 24.5 Å². The topological polar surface area (TPSA) is 57.5 Å². The molecule has 1 amide bonds. The van der Waals surface area contributed by atoms with Gasteiger partial charge in [-0.05, 0) is 42.3 Å². The number of amides is 1. The fourth-order valence-electron chi connectivity index (χ4n) is 4.03. The molecule has 1 fully saturated rings. The van der Waals surface area contributed by atoms with Crippen molar-refractivity contribution in [3.63, 3.8) is 0 Å². The number of hydrogen-bond donors (Lipinski definition) is 2. The third kappa shape index (κ3) is 4.75. The van der Waals surface area contributed by atoms with Crippen LogP contribution in [0.4, 0.5) is 0 Å². The molecule has 0 radical (unpaired) electrons. The summed E-state index contributed by atoms with van der Waals surface area (Å²) in [6.07, 6.45) is 4.75. The van der Waals surface area contributed by atoms with Crippen molar-refractivity contribution in [1.82, 2.24) is 14.8 Å². The highest BCUT2D eigenvalue weighted by molar-refractivity contribution is 5.95. The molecule has 5 nitrogen and oxygen atoms in total. The first kappa shape index (κ1) is 19.4. The highest BCUT2D eigenvalue weighted by atomic mass is 16.3. The molecule has 5 heteroatoms. The van der Waals surface area contributed by atoms with Crippen LogP contribution in [0.25, 0.3) is 5.69 Å². The lowest BCUT2D eigenvalue weighted by Gasteiger charge is -2.38. The van der Waals surface area contributed by atoms with E-state index in [0.717, 1.165) is 31.7 Å². The molecule has 1 aliphatic heterocycles. The van der Waals surface area contributed by atoms with E-state index in [1.54, 1.807) is 0 Å². The first-order valence-electron chi connectivity index (χ1n) is 10.1. The van der Waals surface area contributed by atoms with Gasteiger partial charge in [-0.1, -0.05) is 36.4 Å². The van der Waals surface area contributed by atoms with Crippen LogP contribution in [0.2, 0.25) is 0 Å². The van der Waals surface area contributed by atoms with Crippen molar-refractivity contribution in [2.45, 2.75) is 19.0 Å². The van der Waals surface area contributed by atoms with Gasteiger partial charge in [-0.3, -0.25) is 9.69 Å². The van der Waals surface area contributed by atoms with Crippen molar-refractivity contribution in [2.75, 3.05) is 19.7 Å². The van der Waals surface area contributed by atoms with Crippen LogP contribution in [0.3, 0.4) is 0 Å². The Labute approximate surface area is 171 Å². The number of carbonyl (C=O) groups is 1. The normalized spacial score (nSPS) is 19.8. The Morgan fingerprint density at radius 1 is 1.03 bits per heavy atom. The summed E-state index contributed by atoms with van der Waals surface area (Å²) in [5, 5.41) is 13.1. The third-order valence-corrected chi connectivity index (χ3v) is 5.63. The number of aromatic nitrogens is 1. The molecule has 0 aliphatic carbocycles. The molecule has 2 atom stereocenters. The number of likely N-dealkylation sites (tertiary alicyclic amines) is 1. The zero-order chi connectivity index (χ0) is 20.1. The lowest BCUT2D eigenvalue weighted by molar-refractivity contribution is 0.0712. The first-order chi connectivity index (χ1) is 14.2. The van der Waals surface area contributed by atoms with Crippen molar-refractivity contribution in [3.8, 4) is 5.69 Å². The Bertz CT molecular complexity index is 924. The first-order valence-corrected chi connectivity index (χ1v) is 10.1. The Balaban J connectivity index is 1.39. The highest BCUT2D eigenvalue weighted by Crippen LogP contribution is 2.20. The van der Waals surface area contributed by atoms with Gasteiger partial charge in [0, 0.05) is 61.8 Å². The van der Waals surface area contributed by atoms with Crippen LogP contribution in [-0.4, -0.2) is 46.2 Å². The van der Waals surface area contributed by atoms with Crippen LogP contribution in [0.1, 0.15) is 22.3 Å².